The largest absolute Gasteiger partial charge is 0.341 e. The number of hydrogen-bond acceptors (Lipinski definition) is 2. The number of allylic oxidation sites excluding steroid dienone is 2. The Morgan fingerprint density at radius 3 is 2.93 bits per heavy atom. The molecule has 0 heterocycles. The summed E-state index contributed by atoms with van der Waals surface area (Å²) in [6.07, 6.45) is 5.49. The van der Waals surface area contributed by atoms with Gasteiger partial charge >= 0.3 is 0 Å². The molecule has 4 heteroatoms. The van der Waals surface area contributed by atoms with Crippen LogP contribution in [0.25, 0.3) is 0 Å². The number of halogens is 2. The van der Waals surface area contributed by atoms with Crippen molar-refractivity contribution in [3.63, 3.8) is 0 Å². The Hall–Kier alpha value is -1.21. The molecule has 0 saturated heterocycles. The molecule has 0 aliphatic heterocycles. The smallest absolute Gasteiger partial charge is 0.251 e. The molecule has 0 N–H and O–H groups in total. The highest BCUT2D eigenvalue weighted by atomic mass is 19.2. The lowest BCUT2D eigenvalue weighted by Gasteiger charge is -2.27. The van der Waals surface area contributed by atoms with E-state index in [1.807, 2.05) is 0 Å². The van der Waals surface area contributed by atoms with Gasteiger partial charge in [0, 0.05) is 0 Å². The van der Waals surface area contributed by atoms with E-state index >= 15 is 0 Å². The van der Waals surface area contributed by atoms with E-state index < -0.39 is 17.6 Å². The van der Waals surface area contributed by atoms with Crippen LogP contribution in [0.2, 0.25) is 0 Å². The summed E-state index contributed by atoms with van der Waals surface area (Å²) in [5, 5.41) is 8.69. The molecule has 0 radical (unpaired) electrons. The number of nitriles is 1. The Labute approximate surface area is 86.8 Å². The summed E-state index contributed by atoms with van der Waals surface area (Å²) in [5.74, 6) is -4.17. The topological polar surface area (TPSA) is 33.0 Å². The Morgan fingerprint density at radius 1 is 1.60 bits per heavy atom. The van der Waals surface area contributed by atoms with Crippen molar-refractivity contribution in [3.8, 4) is 6.07 Å². The van der Waals surface area contributed by atoms with Crippen molar-refractivity contribution in [2.45, 2.75) is 18.7 Å². The zero-order valence-corrected chi connectivity index (χ0v) is 8.12. The van der Waals surface area contributed by atoms with Gasteiger partial charge in [0.1, 0.15) is 5.83 Å². The number of hydrogen-bond donors (Lipinski definition) is 0. The lowest BCUT2D eigenvalue weighted by atomic mass is 9.95. The van der Waals surface area contributed by atoms with Crippen LogP contribution in [-0.2, 0) is 4.74 Å². The van der Waals surface area contributed by atoms with Crippen molar-refractivity contribution in [2.24, 2.45) is 11.8 Å². The summed E-state index contributed by atoms with van der Waals surface area (Å²) in [7, 11) is 0. The number of ether oxygens (including phenoxy) is 1. The van der Waals surface area contributed by atoms with Gasteiger partial charge in [-0.05, 0) is 30.9 Å². The van der Waals surface area contributed by atoms with Crippen LogP contribution in [0, 0.1) is 23.2 Å². The van der Waals surface area contributed by atoms with Gasteiger partial charge in [-0.3, -0.25) is 0 Å². The average molecular weight is 211 g/mol. The summed E-state index contributed by atoms with van der Waals surface area (Å²) >= 11 is 0. The molecule has 15 heavy (non-hydrogen) atoms. The van der Waals surface area contributed by atoms with Gasteiger partial charge in [0.25, 0.3) is 5.85 Å². The Morgan fingerprint density at radius 2 is 2.33 bits per heavy atom. The van der Waals surface area contributed by atoms with Gasteiger partial charge in [-0.25, -0.2) is 8.78 Å². The molecule has 0 aromatic heterocycles. The maximum atomic E-state index is 14.1. The van der Waals surface area contributed by atoms with Crippen LogP contribution in [-0.4, -0.2) is 12.5 Å². The summed E-state index contributed by atoms with van der Waals surface area (Å²) in [6, 6.07) is 1.59. The number of alkyl halides is 1. The second kappa shape index (κ2) is 3.74. The lowest BCUT2D eigenvalue weighted by molar-refractivity contribution is -0.132. The predicted molar refractivity (Wildman–Crippen MR) is 49.9 cm³/mol. The van der Waals surface area contributed by atoms with Crippen LogP contribution < -0.4 is 0 Å². The molecule has 2 nitrogen and oxygen atoms in total. The van der Waals surface area contributed by atoms with E-state index in [0.29, 0.717) is 5.92 Å². The number of rotatable bonds is 3. The van der Waals surface area contributed by atoms with Crippen LogP contribution in [0.15, 0.2) is 24.1 Å². The van der Waals surface area contributed by atoms with Gasteiger partial charge in [0.05, 0.1) is 12.7 Å². The molecular formula is C11H11F2NO. The first-order valence-corrected chi connectivity index (χ1v) is 4.93. The molecular weight excluding hydrogens is 200 g/mol. The van der Waals surface area contributed by atoms with Crippen molar-refractivity contribution in [2.75, 3.05) is 6.61 Å². The van der Waals surface area contributed by atoms with Crippen LogP contribution in [0.3, 0.4) is 0 Å². The maximum absolute atomic E-state index is 14.1. The fraction of sp³-hybridized carbons (Fsp3) is 0.545. The molecule has 2 aliphatic carbocycles. The molecule has 2 atom stereocenters. The fourth-order valence-corrected chi connectivity index (χ4v) is 1.46. The second-order valence-electron chi connectivity index (χ2n) is 3.92. The quantitative estimate of drug-likeness (QED) is 0.718. The minimum atomic E-state index is -2.30. The summed E-state index contributed by atoms with van der Waals surface area (Å²) in [6.45, 7) is 0.256. The first-order chi connectivity index (χ1) is 7.15. The van der Waals surface area contributed by atoms with Crippen molar-refractivity contribution in [3.05, 3.63) is 24.1 Å². The van der Waals surface area contributed by atoms with Gasteiger partial charge in [0.2, 0.25) is 0 Å². The third-order valence-corrected chi connectivity index (χ3v) is 2.61. The molecule has 2 unspecified atom stereocenters. The first-order valence-electron chi connectivity index (χ1n) is 4.93. The molecule has 1 fully saturated rings. The highest BCUT2D eigenvalue weighted by Gasteiger charge is 2.44. The van der Waals surface area contributed by atoms with Gasteiger partial charge in [0.15, 0.2) is 5.92 Å². The van der Waals surface area contributed by atoms with Crippen LogP contribution in [0.4, 0.5) is 8.78 Å². The SMILES string of the molecule is N#CC1C(F)=CC=CC1(F)OCC1CC1. The zero-order valence-electron chi connectivity index (χ0n) is 8.12. The Balaban J connectivity index is 2.07. The van der Waals surface area contributed by atoms with E-state index in [0.717, 1.165) is 25.0 Å². The highest BCUT2D eigenvalue weighted by molar-refractivity contribution is 5.27. The van der Waals surface area contributed by atoms with E-state index in [-0.39, 0.29) is 6.61 Å². The van der Waals surface area contributed by atoms with Crippen molar-refractivity contribution < 1.29 is 13.5 Å². The minimum absolute atomic E-state index is 0.256. The monoisotopic (exact) mass is 211 g/mol. The molecule has 0 aromatic carbocycles. The maximum Gasteiger partial charge on any atom is 0.251 e. The Bertz CT molecular complexity index is 354. The van der Waals surface area contributed by atoms with Crippen molar-refractivity contribution >= 4 is 0 Å². The Kier molecular flexibility index (Phi) is 2.57. The molecule has 0 bridgehead atoms. The van der Waals surface area contributed by atoms with Gasteiger partial charge in [-0.1, -0.05) is 6.08 Å². The van der Waals surface area contributed by atoms with Gasteiger partial charge < -0.3 is 4.74 Å². The molecule has 0 aromatic rings. The molecule has 0 amide bonds. The van der Waals surface area contributed by atoms with E-state index in [4.69, 9.17) is 10.00 Å². The van der Waals surface area contributed by atoms with Crippen LogP contribution in [0.5, 0.6) is 0 Å². The van der Waals surface area contributed by atoms with Crippen molar-refractivity contribution in [1.29, 1.82) is 5.26 Å². The standard InChI is InChI=1S/C11H11F2NO/c12-10-2-1-5-11(13,9(10)6-14)15-7-8-3-4-8/h1-2,5,8-9H,3-4,7H2. The minimum Gasteiger partial charge on any atom is -0.341 e. The van der Waals surface area contributed by atoms with E-state index in [1.165, 1.54) is 6.08 Å². The van der Waals surface area contributed by atoms with Crippen molar-refractivity contribution in [1.82, 2.24) is 0 Å². The van der Waals surface area contributed by atoms with E-state index in [9.17, 15) is 8.78 Å². The fourth-order valence-electron chi connectivity index (χ4n) is 1.46. The summed E-state index contributed by atoms with van der Waals surface area (Å²) in [4.78, 5) is 0. The molecule has 80 valence electrons. The predicted octanol–water partition coefficient (Wildman–Crippen LogP) is 2.64. The average Bonchev–Trinajstić information content (AvgIpc) is 2.99. The van der Waals surface area contributed by atoms with Crippen LogP contribution in [0.1, 0.15) is 12.8 Å². The highest BCUT2D eigenvalue weighted by Crippen LogP contribution is 2.38. The number of nitrogens with zero attached hydrogens (tertiary/aromatic N) is 1. The van der Waals surface area contributed by atoms with Gasteiger partial charge in [-0.2, -0.15) is 5.26 Å². The third kappa shape index (κ3) is 2.07. The molecule has 2 aliphatic rings. The lowest BCUT2D eigenvalue weighted by Crippen LogP contribution is -2.36. The van der Waals surface area contributed by atoms with Crippen LogP contribution >= 0.6 is 0 Å². The summed E-state index contributed by atoms with van der Waals surface area (Å²) in [5.41, 5.74) is 0. The molecule has 0 spiro atoms. The zero-order chi connectivity index (χ0) is 10.9. The van der Waals surface area contributed by atoms with Gasteiger partial charge in [-0.15, -0.1) is 0 Å². The molecule has 2 rings (SSSR count). The second-order valence-corrected chi connectivity index (χ2v) is 3.92. The first kappa shape index (κ1) is 10.3. The third-order valence-electron chi connectivity index (χ3n) is 2.61. The van der Waals surface area contributed by atoms with E-state index in [1.54, 1.807) is 6.07 Å². The molecule has 1 saturated carbocycles. The summed E-state index contributed by atoms with van der Waals surface area (Å²) < 4.78 is 32.2. The van der Waals surface area contributed by atoms with E-state index in [2.05, 4.69) is 0 Å². The normalized spacial score (nSPS) is 34.7.